The number of pyridine rings is 1. The Kier molecular flexibility index (Phi) is 10.5. The molecule has 3 aromatic rings. The van der Waals surface area contributed by atoms with Gasteiger partial charge in [0.05, 0.1) is 23.9 Å². The molecule has 2 aliphatic heterocycles. The lowest BCUT2D eigenvalue weighted by Gasteiger charge is -2.40. The van der Waals surface area contributed by atoms with Crippen molar-refractivity contribution in [1.82, 2.24) is 20.5 Å². The predicted octanol–water partition coefficient (Wildman–Crippen LogP) is 4.48. The fourth-order valence-corrected chi connectivity index (χ4v) is 7.31. The molecular formula is C37H47N7O5. The normalized spacial score (nSPS) is 20.2. The van der Waals surface area contributed by atoms with Crippen molar-refractivity contribution in [3.63, 3.8) is 0 Å². The summed E-state index contributed by atoms with van der Waals surface area (Å²) in [5.74, 6) is 1.14. The average Bonchev–Trinajstić information content (AvgIpc) is 3.69. The highest BCUT2D eigenvalue weighted by atomic mass is 16.5. The van der Waals surface area contributed by atoms with E-state index in [0.717, 1.165) is 50.9 Å². The molecule has 2 atom stereocenters. The summed E-state index contributed by atoms with van der Waals surface area (Å²) >= 11 is 0. The molecule has 2 bridgehead atoms. The van der Waals surface area contributed by atoms with Gasteiger partial charge in [0.1, 0.15) is 12.4 Å². The summed E-state index contributed by atoms with van der Waals surface area (Å²) in [7, 11) is 5.52. The lowest BCUT2D eigenvalue weighted by atomic mass is 9.96. The van der Waals surface area contributed by atoms with Crippen LogP contribution in [0.15, 0.2) is 54.7 Å². The van der Waals surface area contributed by atoms with Gasteiger partial charge in [-0.15, -0.1) is 0 Å². The van der Waals surface area contributed by atoms with Crippen molar-refractivity contribution in [2.24, 2.45) is 5.73 Å². The zero-order valence-corrected chi connectivity index (χ0v) is 28.5. The minimum atomic E-state index is -0.606. The van der Waals surface area contributed by atoms with Gasteiger partial charge in [-0.2, -0.15) is 0 Å². The van der Waals surface area contributed by atoms with E-state index in [4.69, 9.17) is 20.2 Å². The summed E-state index contributed by atoms with van der Waals surface area (Å²) < 4.78 is 11.4. The number of hydrogen-bond acceptors (Lipinski definition) is 9. The van der Waals surface area contributed by atoms with E-state index < -0.39 is 5.91 Å². The number of anilines is 3. The van der Waals surface area contributed by atoms with Gasteiger partial charge in [0.2, 0.25) is 0 Å². The lowest BCUT2D eigenvalue weighted by molar-refractivity contribution is 0.0922. The third-order valence-electron chi connectivity index (χ3n) is 9.82. The van der Waals surface area contributed by atoms with Gasteiger partial charge in [0.15, 0.2) is 11.5 Å². The number of carbonyl (C=O) groups excluding carboxylic acids is 3. The Hall–Kier alpha value is -4.84. The van der Waals surface area contributed by atoms with Crippen molar-refractivity contribution in [2.45, 2.75) is 75.5 Å². The molecule has 2 unspecified atom stereocenters. The largest absolute Gasteiger partial charge is 0.493 e. The minimum Gasteiger partial charge on any atom is -0.493 e. The van der Waals surface area contributed by atoms with Crippen LogP contribution in [0.3, 0.4) is 0 Å². The summed E-state index contributed by atoms with van der Waals surface area (Å²) in [4.78, 5) is 47.7. The SMILES string of the molecule is COc1ccc(Nc2cc(C(=O)NC3CC4CCC(C3)N4c3ccc(C(=O)NC4CCCC4)cn3)ccc2C(N)=O)cc1OCCN(C)C. The van der Waals surface area contributed by atoms with E-state index in [2.05, 4.69) is 20.9 Å². The van der Waals surface area contributed by atoms with Gasteiger partial charge >= 0.3 is 0 Å². The molecule has 3 amide bonds. The topological polar surface area (TPSA) is 151 Å². The molecule has 12 nitrogen and oxygen atoms in total. The first-order valence-electron chi connectivity index (χ1n) is 17.2. The minimum absolute atomic E-state index is 0.00611. The molecule has 49 heavy (non-hydrogen) atoms. The van der Waals surface area contributed by atoms with Crippen molar-refractivity contribution in [3.8, 4) is 11.5 Å². The summed E-state index contributed by atoms with van der Waals surface area (Å²) in [5, 5.41) is 9.62. The Bertz CT molecular complexity index is 1640. The van der Waals surface area contributed by atoms with Crippen molar-refractivity contribution in [3.05, 3.63) is 71.4 Å². The molecule has 1 aliphatic carbocycles. The number of benzene rings is 2. The first kappa shape index (κ1) is 34.0. The second-order valence-corrected chi connectivity index (χ2v) is 13.6. The van der Waals surface area contributed by atoms with Crippen LogP contribution in [-0.2, 0) is 0 Å². The van der Waals surface area contributed by atoms with E-state index in [0.29, 0.717) is 40.6 Å². The molecule has 1 aromatic heterocycles. The number of fused-ring (bicyclic) bond motifs is 2. The summed E-state index contributed by atoms with van der Waals surface area (Å²) in [6.45, 7) is 1.20. The number of amides is 3. The summed E-state index contributed by atoms with van der Waals surface area (Å²) in [5.41, 5.74) is 8.06. The molecule has 3 aliphatic rings. The molecule has 260 valence electrons. The van der Waals surface area contributed by atoms with E-state index >= 15 is 0 Å². The fourth-order valence-electron chi connectivity index (χ4n) is 7.31. The van der Waals surface area contributed by atoms with E-state index in [-0.39, 0.29) is 41.5 Å². The maximum Gasteiger partial charge on any atom is 0.253 e. The number of aromatic nitrogens is 1. The highest BCUT2D eigenvalue weighted by Crippen LogP contribution is 2.39. The molecule has 2 aromatic carbocycles. The van der Waals surface area contributed by atoms with E-state index in [1.165, 1.54) is 12.8 Å². The Morgan fingerprint density at radius 1 is 0.878 bits per heavy atom. The number of carbonyl (C=O) groups is 3. The van der Waals surface area contributed by atoms with Crippen molar-refractivity contribution >= 4 is 34.9 Å². The molecule has 0 radical (unpaired) electrons. The second kappa shape index (κ2) is 15.1. The molecule has 2 saturated heterocycles. The maximum atomic E-state index is 13.6. The first-order chi connectivity index (χ1) is 23.7. The van der Waals surface area contributed by atoms with Gasteiger partial charge in [0, 0.05) is 54.2 Å². The number of rotatable bonds is 13. The number of nitrogens with two attached hydrogens (primary N) is 1. The van der Waals surface area contributed by atoms with Gasteiger partial charge in [-0.3, -0.25) is 14.4 Å². The standard InChI is InChI=1S/C37H47N7O5/c1-43(2)16-17-49-33-21-26(10-14-32(33)48-3)40-31-18-23(8-13-30(31)35(38)45)36(46)42-27-19-28-11-12-29(20-27)44(28)34-15-9-24(22-39-34)37(47)41-25-6-4-5-7-25/h8-10,13-15,18,21-22,25,27-29,40H,4-7,11-12,16-17,19-20H2,1-3H3,(H2,38,45)(H,41,47)(H,42,46). The number of ether oxygens (including phenoxy) is 2. The van der Waals surface area contributed by atoms with Crippen molar-refractivity contribution in [2.75, 3.05) is 44.6 Å². The first-order valence-corrected chi connectivity index (χ1v) is 17.2. The van der Waals surface area contributed by atoms with Gasteiger partial charge in [-0.05, 0) is 95.1 Å². The molecular weight excluding hydrogens is 622 g/mol. The van der Waals surface area contributed by atoms with Gasteiger partial charge < -0.3 is 41.0 Å². The Morgan fingerprint density at radius 3 is 2.22 bits per heavy atom. The number of methoxy groups -OCH3 is 1. The van der Waals surface area contributed by atoms with E-state index in [9.17, 15) is 14.4 Å². The van der Waals surface area contributed by atoms with E-state index in [1.54, 1.807) is 43.6 Å². The predicted molar refractivity (Wildman–Crippen MR) is 189 cm³/mol. The number of piperidine rings is 1. The molecule has 3 heterocycles. The molecule has 5 N–H and O–H groups in total. The molecule has 0 spiro atoms. The summed E-state index contributed by atoms with van der Waals surface area (Å²) in [6.07, 6.45) is 9.73. The third-order valence-corrected chi connectivity index (χ3v) is 9.82. The van der Waals surface area contributed by atoms with E-state index in [1.807, 2.05) is 37.2 Å². The van der Waals surface area contributed by atoms with Crippen molar-refractivity contribution < 1.29 is 23.9 Å². The zero-order valence-electron chi connectivity index (χ0n) is 28.5. The van der Waals surface area contributed by atoms with Crippen LogP contribution in [0.25, 0.3) is 0 Å². The van der Waals surface area contributed by atoms with Gasteiger partial charge in [-0.25, -0.2) is 4.98 Å². The van der Waals surface area contributed by atoms with Crippen LogP contribution >= 0.6 is 0 Å². The van der Waals surface area contributed by atoms with Crippen LogP contribution in [0.2, 0.25) is 0 Å². The Morgan fingerprint density at radius 2 is 1.57 bits per heavy atom. The highest BCUT2D eigenvalue weighted by molar-refractivity contribution is 6.02. The monoisotopic (exact) mass is 669 g/mol. The van der Waals surface area contributed by atoms with Crippen molar-refractivity contribution in [1.29, 1.82) is 0 Å². The highest BCUT2D eigenvalue weighted by Gasteiger charge is 2.42. The van der Waals surface area contributed by atoms with Crippen LogP contribution in [0, 0.1) is 0 Å². The molecule has 3 fully saturated rings. The summed E-state index contributed by atoms with van der Waals surface area (Å²) in [6, 6.07) is 14.8. The smallest absolute Gasteiger partial charge is 0.253 e. The zero-order chi connectivity index (χ0) is 34.5. The van der Waals surface area contributed by atoms with Crippen LogP contribution in [0.5, 0.6) is 11.5 Å². The third kappa shape index (κ3) is 8.07. The Labute approximate surface area is 287 Å². The average molecular weight is 670 g/mol. The van der Waals surface area contributed by atoms with Crippen LogP contribution in [-0.4, -0.2) is 86.1 Å². The van der Waals surface area contributed by atoms with Gasteiger partial charge in [-0.1, -0.05) is 12.8 Å². The van der Waals surface area contributed by atoms with Gasteiger partial charge in [0.25, 0.3) is 17.7 Å². The fraction of sp³-hybridized carbons (Fsp3) is 0.459. The van der Waals surface area contributed by atoms with Crippen LogP contribution in [0.4, 0.5) is 17.2 Å². The van der Waals surface area contributed by atoms with Crippen LogP contribution in [0.1, 0.15) is 82.4 Å². The number of likely N-dealkylation sites (N-methyl/N-ethyl adjacent to an activating group) is 1. The molecule has 12 heteroatoms. The number of nitrogens with zero attached hydrogens (tertiary/aromatic N) is 3. The molecule has 6 rings (SSSR count). The molecule has 1 saturated carbocycles. The number of primary amides is 1. The lowest BCUT2D eigenvalue weighted by Crippen LogP contribution is -2.50. The number of nitrogens with one attached hydrogen (secondary N) is 3. The maximum absolute atomic E-state index is 13.6. The second-order valence-electron chi connectivity index (χ2n) is 13.6. The quantitative estimate of drug-likeness (QED) is 0.207. The van der Waals surface area contributed by atoms with Crippen LogP contribution < -0.4 is 36.1 Å². The Balaban J connectivity index is 1.10. The number of hydrogen-bond donors (Lipinski definition) is 4.